The maximum absolute atomic E-state index is 12.8. The molecule has 5 nitrogen and oxygen atoms in total. The highest BCUT2D eigenvalue weighted by Gasteiger charge is 2.17. The molecule has 0 aliphatic carbocycles. The molecule has 3 aromatic carbocycles. The van der Waals surface area contributed by atoms with Crippen molar-refractivity contribution in [3.8, 4) is 0 Å². The average molecular weight is 409 g/mol. The Labute approximate surface area is 171 Å². The number of hydrogen-bond acceptors (Lipinski definition) is 3. The number of nitrogens with one attached hydrogen (secondary N) is 2. The summed E-state index contributed by atoms with van der Waals surface area (Å²) in [5, 5.41) is 2.91. The summed E-state index contributed by atoms with van der Waals surface area (Å²) in [4.78, 5) is 12.9. The van der Waals surface area contributed by atoms with Crippen LogP contribution in [-0.4, -0.2) is 20.4 Å². The summed E-state index contributed by atoms with van der Waals surface area (Å²) in [7, 11) is -3.67. The molecule has 0 heterocycles. The number of rotatable bonds is 7. The number of amides is 1. The fraction of sp³-hybridized carbons (Fsp3) is 0.174. The van der Waals surface area contributed by atoms with Crippen LogP contribution in [0, 0.1) is 0 Å². The van der Waals surface area contributed by atoms with Gasteiger partial charge in [-0.15, -0.1) is 0 Å². The summed E-state index contributed by atoms with van der Waals surface area (Å²) in [6.07, 6.45) is 0.685. The van der Waals surface area contributed by atoms with Crippen molar-refractivity contribution < 1.29 is 13.2 Å². The van der Waals surface area contributed by atoms with E-state index >= 15 is 0 Å². The third-order valence-electron chi connectivity index (χ3n) is 4.30. The molecule has 0 radical (unpaired) electrons. The minimum absolute atomic E-state index is 0.0661. The fourth-order valence-electron chi connectivity index (χ4n) is 2.99. The predicted molar refractivity (Wildman–Crippen MR) is 116 cm³/mol. The molecule has 29 heavy (non-hydrogen) atoms. The van der Waals surface area contributed by atoms with E-state index in [0.717, 1.165) is 11.1 Å². The third-order valence-corrected chi connectivity index (χ3v) is 5.96. The average Bonchev–Trinajstić information content (AvgIpc) is 2.69. The van der Waals surface area contributed by atoms with E-state index in [1.165, 1.54) is 12.1 Å². The van der Waals surface area contributed by atoms with E-state index in [9.17, 15) is 13.2 Å². The number of hydrogen-bond donors (Lipinski definition) is 2. The maximum Gasteiger partial charge on any atom is 0.255 e. The lowest BCUT2D eigenvalue weighted by Crippen LogP contribution is -2.30. The number of para-hydroxylation sites is 1. The highest BCUT2D eigenvalue weighted by Crippen LogP contribution is 2.21. The Kier molecular flexibility index (Phi) is 6.46. The lowest BCUT2D eigenvalue weighted by atomic mass is 10.0. The van der Waals surface area contributed by atoms with Gasteiger partial charge in [-0.3, -0.25) is 4.79 Å². The van der Waals surface area contributed by atoms with E-state index in [2.05, 4.69) is 10.0 Å². The Bertz CT molecular complexity index is 1090. The highest BCUT2D eigenvalue weighted by atomic mass is 32.2. The molecule has 0 atom stereocenters. The van der Waals surface area contributed by atoms with E-state index in [-0.39, 0.29) is 22.4 Å². The van der Waals surface area contributed by atoms with Gasteiger partial charge in [0, 0.05) is 17.3 Å². The number of benzene rings is 3. The first kappa shape index (κ1) is 20.8. The van der Waals surface area contributed by atoms with E-state index < -0.39 is 10.0 Å². The first-order chi connectivity index (χ1) is 13.8. The van der Waals surface area contributed by atoms with Crippen molar-refractivity contribution in [3.63, 3.8) is 0 Å². The smallest absolute Gasteiger partial charge is 0.255 e. The number of carbonyl (C=O) groups is 1. The van der Waals surface area contributed by atoms with Gasteiger partial charge in [-0.2, -0.15) is 0 Å². The quantitative estimate of drug-likeness (QED) is 0.615. The molecule has 0 aliphatic heterocycles. The predicted octanol–water partition coefficient (Wildman–Crippen LogP) is 4.22. The van der Waals surface area contributed by atoms with Crippen molar-refractivity contribution in [1.29, 1.82) is 0 Å². The van der Waals surface area contributed by atoms with Gasteiger partial charge >= 0.3 is 0 Å². The number of anilines is 1. The molecule has 0 saturated carbocycles. The van der Waals surface area contributed by atoms with Crippen LogP contribution in [0.15, 0.2) is 83.8 Å². The van der Waals surface area contributed by atoms with Crippen LogP contribution in [0.4, 0.5) is 5.69 Å². The zero-order valence-electron chi connectivity index (χ0n) is 16.4. The molecule has 0 aliphatic rings. The van der Waals surface area contributed by atoms with Gasteiger partial charge in [0.15, 0.2) is 0 Å². The second-order valence-corrected chi connectivity index (χ2v) is 8.79. The lowest BCUT2D eigenvalue weighted by molar-refractivity contribution is 0.102. The minimum atomic E-state index is -3.67. The molecule has 3 rings (SSSR count). The zero-order valence-corrected chi connectivity index (χ0v) is 17.2. The normalized spacial score (nSPS) is 11.4. The standard InChI is InChI=1S/C23H24N2O3S/c1-17(2)25-29(27,28)21-13-8-12-20(16-21)23(26)24-22-14-7-6-11-19(22)15-18-9-4-3-5-10-18/h3-14,16-17,25H,15H2,1-2H3,(H,24,26). The SMILES string of the molecule is CC(C)NS(=O)(=O)c1cccc(C(=O)Nc2ccccc2Cc2ccccc2)c1. The van der Waals surface area contributed by atoms with Crippen LogP contribution in [0.2, 0.25) is 0 Å². The van der Waals surface area contributed by atoms with Crippen LogP contribution in [-0.2, 0) is 16.4 Å². The Morgan fingerprint density at radius 2 is 1.59 bits per heavy atom. The van der Waals surface area contributed by atoms with Gasteiger partial charge in [0.25, 0.3) is 5.91 Å². The topological polar surface area (TPSA) is 75.3 Å². The summed E-state index contributed by atoms with van der Waals surface area (Å²) in [5.41, 5.74) is 3.11. The summed E-state index contributed by atoms with van der Waals surface area (Å²) >= 11 is 0. The van der Waals surface area contributed by atoms with Gasteiger partial charge in [-0.25, -0.2) is 13.1 Å². The van der Waals surface area contributed by atoms with Crippen LogP contribution in [0.5, 0.6) is 0 Å². The van der Waals surface area contributed by atoms with Crippen molar-refractivity contribution in [1.82, 2.24) is 4.72 Å². The van der Waals surface area contributed by atoms with Gasteiger partial charge in [-0.05, 0) is 55.7 Å². The number of sulfonamides is 1. The molecule has 0 saturated heterocycles. The second-order valence-electron chi connectivity index (χ2n) is 7.08. The lowest BCUT2D eigenvalue weighted by Gasteiger charge is -2.13. The maximum atomic E-state index is 12.8. The molecule has 0 bridgehead atoms. The Morgan fingerprint density at radius 3 is 2.31 bits per heavy atom. The molecule has 0 unspecified atom stereocenters. The van der Waals surface area contributed by atoms with E-state index in [1.807, 2.05) is 54.6 Å². The van der Waals surface area contributed by atoms with Crippen LogP contribution in [0.3, 0.4) is 0 Å². The zero-order chi connectivity index (χ0) is 20.9. The molecule has 0 aromatic heterocycles. The van der Waals surface area contributed by atoms with E-state index in [0.29, 0.717) is 12.1 Å². The molecule has 3 aromatic rings. The summed E-state index contributed by atoms with van der Waals surface area (Å²) in [6, 6.07) is 23.4. The van der Waals surface area contributed by atoms with Crippen LogP contribution < -0.4 is 10.0 Å². The Balaban J connectivity index is 1.82. The van der Waals surface area contributed by atoms with Crippen LogP contribution >= 0.6 is 0 Å². The third kappa shape index (κ3) is 5.53. The second kappa shape index (κ2) is 9.03. The molecule has 0 fully saturated rings. The Hall–Kier alpha value is -2.96. The van der Waals surface area contributed by atoms with Gasteiger partial charge in [0.1, 0.15) is 0 Å². The van der Waals surface area contributed by atoms with Crippen molar-refractivity contribution >= 4 is 21.6 Å². The fourth-order valence-corrected chi connectivity index (χ4v) is 4.29. The summed E-state index contributed by atoms with van der Waals surface area (Å²) in [6.45, 7) is 3.50. The summed E-state index contributed by atoms with van der Waals surface area (Å²) < 4.78 is 27.3. The van der Waals surface area contributed by atoms with Gasteiger partial charge in [-0.1, -0.05) is 54.6 Å². The molecule has 0 spiro atoms. The van der Waals surface area contributed by atoms with Gasteiger partial charge < -0.3 is 5.32 Å². The van der Waals surface area contributed by atoms with E-state index in [4.69, 9.17) is 0 Å². The minimum Gasteiger partial charge on any atom is -0.322 e. The van der Waals surface area contributed by atoms with Crippen molar-refractivity contribution in [3.05, 3.63) is 95.6 Å². The van der Waals surface area contributed by atoms with E-state index in [1.54, 1.807) is 26.0 Å². The number of carbonyl (C=O) groups excluding carboxylic acids is 1. The van der Waals surface area contributed by atoms with Crippen molar-refractivity contribution in [2.75, 3.05) is 5.32 Å². The molecule has 6 heteroatoms. The van der Waals surface area contributed by atoms with Crippen LogP contribution in [0.1, 0.15) is 35.3 Å². The van der Waals surface area contributed by atoms with Crippen molar-refractivity contribution in [2.24, 2.45) is 0 Å². The monoisotopic (exact) mass is 408 g/mol. The van der Waals surface area contributed by atoms with Crippen molar-refractivity contribution in [2.45, 2.75) is 31.2 Å². The van der Waals surface area contributed by atoms with Gasteiger partial charge in [0.05, 0.1) is 4.90 Å². The first-order valence-electron chi connectivity index (χ1n) is 9.41. The molecular formula is C23H24N2O3S. The molecule has 2 N–H and O–H groups in total. The largest absolute Gasteiger partial charge is 0.322 e. The van der Waals surface area contributed by atoms with Crippen LogP contribution in [0.25, 0.3) is 0 Å². The summed E-state index contributed by atoms with van der Waals surface area (Å²) in [5.74, 6) is -0.355. The molecule has 1 amide bonds. The molecule has 150 valence electrons. The highest BCUT2D eigenvalue weighted by molar-refractivity contribution is 7.89. The molecular weight excluding hydrogens is 384 g/mol. The Morgan fingerprint density at radius 1 is 0.897 bits per heavy atom. The first-order valence-corrected chi connectivity index (χ1v) is 10.9. The van der Waals surface area contributed by atoms with Gasteiger partial charge in [0.2, 0.25) is 10.0 Å².